The molecule has 5 nitrogen and oxygen atoms in total. The van der Waals surface area contributed by atoms with Crippen LogP contribution >= 0.6 is 0 Å². The normalized spacial score (nSPS) is 22.8. The highest BCUT2D eigenvalue weighted by Crippen LogP contribution is 2.37. The average Bonchev–Trinajstić information content (AvgIpc) is 2.93. The second-order valence-electron chi connectivity index (χ2n) is 5.91. The predicted octanol–water partition coefficient (Wildman–Crippen LogP) is 1.86. The quantitative estimate of drug-likeness (QED) is 0.866. The average molecular weight is 286 g/mol. The second kappa shape index (κ2) is 5.26. The maximum atomic E-state index is 11.5. The van der Waals surface area contributed by atoms with Crippen LogP contribution in [0.15, 0.2) is 21.6 Å². The van der Waals surface area contributed by atoms with Crippen LogP contribution in [0.5, 0.6) is 0 Å². The van der Waals surface area contributed by atoms with Crippen LogP contribution in [0.2, 0.25) is 0 Å². The van der Waals surface area contributed by atoms with E-state index in [9.17, 15) is 8.42 Å². The van der Waals surface area contributed by atoms with Crippen molar-refractivity contribution in [3.63, 3.8) is 0 Å². The number of nitrogens with one attached hydrogen (secondary N) is 2. The van der Waals surface area contributed by atoms with Gasteiger partial charge < -0.3 is 9.73 Å². The van der Waals surface area contributed by atoms with E-state index in [-0.39, 0.29) is 5.09 Å². The summed E-state index contributed by atoms with van der Waals surface area (Å²) in [5.41, 5.74) is 0.404. The monoisotopic (exact) mass is 286 g/mol. The Labute approximate surface area is 114 Å². The molecule has 0 spiro atoms. The summed E-state index contributed by atoms with van der Waals surface area (Å²) in [6.07, 6.45) is 3.53. The zero-order chi connectivity index (χ0) is 14.1. The number of rotatable bonds is 5. The van der Waals surface area contributed by atoms with Gasteiger partial charge in [-0.15, -0.1) is 0 Å². The maximum absolute atomic E-state index is 11.5. The molecule has 1 atom stereocenters. The Bertz CT molecular complexity index is 534. The molecule has 1 saturated carbocycles. The molecule has 0 aliphatic heterocycles. The van der Waals surface area contributed by atoms with Crippen molar-refractivity contribution in [3.05, 3.63) is 17.9 Å². The Hall–Kier alpha value is -0.850. The maximum Gasteiger partial charge on any atom is 0.273 e. The van der Waals surface area contributed by atoms with E-state index in [0.717, 1.165) is 12.8 Å². The van der Waals surface area contributed by atoms with Gasteiger partial charge in [0, 0.05) is 6.04 Å². The number of furan rings is 1. The molecule has 108 valence electrons. The van der Waals surface area contributed by atoms with Gasteiger partial charge in [-0.3, -0.25) is 0 Å². The zero-order valence-electron chi connectivity index (χ0n) is 11.7. The van der Waals surface area contributed by atoms with Gasteiger partial charge >= 0.3 is 0 Å². The molecule has 0 radical (unpaired) electrons. The Morgan fingerprint density at radius 2 is 2.16 bits per heavy atom. The smallest absolute Gasteiger partial charge is 0.273 e. The van der Waals surface area contributed by atoms with Crippen molar-refractivity contribution in [3.8, 4) is 0 Å². The third-order valence-electron chi connectivity index (χ3n) is 3.70. The molecule has 0 aromatic carbocycles. The minimum Gasteiger partial charge on any atom is -0.447 e. The van der Waals surface area contributed by atoms with Gasteiger partial charge in [0.2, 0.25) is 5.09 Å². The van der Waals surface area contributed by atoms with Gasteiger partial charge in [-0.05, 0) is 43.9 Å². The SMILES string of the molecule is CNS(=O)(=O)c1ccc(CNC2CCC(C)(C)C2)o1. The fourth-order valence-corrected chi connectivity index (χ4v) is 3.22. The Kier molecular flexibility index (Phi) is 4.03. The van der Waals surface area contributed by atoms with Crippen molar-refractivity contribution in [2.45, 2.75) is 50.8 Å². The summed E-state index contributed by atoms with van der Waals surface area (Å²) in [7, 11) is -2.11. The van der Waals surface area contributed by atoms with Gasteiger partial charge in [0.25, 0.3) is 10.0 Å². The summed E-state index contributed by atoms with van der Waals surface area (Å²) < 4.78 is 30.6. The molecule has 19 heavy (non-hydrogen) atoms. The molecule has 2 N–H and O–H groups in total. The molecule has 1 aliphatic rings. The van der Waals surface area contributed by atoms with Crippen molar-refractivity contribution in [1.29, 1.82) is 0 Å². The Morgan fingerprint density at radius 1 is 1.42 bits per heavy atom. The van der Waals surface area contributed by atoms with Gasteiger partial charge in [-0.1, -0.05) is 13.8 Å². The van der Waals surface area contributed by atoms with E-state index in [1.54, 1.807) is 6.07 Å². The first kappa shape index (κ1) is 14.6. The molecule has 0 amide bonds. The zero-order valence-corrected chi connectivity index (χ0v) is 12.5. The summed E-state index contributed by atoms with van der Waals surface area (Å²) in [4.78, 5) is 0. The summed E-state index contributed by atoms with van der Waals surface area (Å²) >= 11 is 0. The third kappa shape index (κ3) is 3.58. The molecule has 1 fully saturated rings. The molecule has 1 unspecified atom stereocenters. The van der Waals surface area contributed by atoms with Crippen LogP contribution in [-0.2, 0) is 16.6 Å². The van der Waals surface area contributed by atoms with Crippen LogP contribution in [0.1, 0.15) is 38.9 Å². The Balaban J connectivity index is 1.91. The van der Waals surface area contributed by atoms with Crippen LogP contribution in [0.25, 0.3) is 0 Å². The lowest BCUT2D eigenvalue weighted by Crippen LogP contribution is -2.26. The van der Waals surface area contributed by atoms with Crippen LogP contribution in [0.4, 0.5) is 0 Å². The lowest BCUT2D eigenvalue weighted by molar-refractivity contribution is 0.352. The first-order valence-electron chi connectivity index (χ1n) is 6.58. The minimum atomic E-state index is -3.48. The standard InChI is InChI=1S/C13H22N2O3S/c1-13(2)7-6-10(8-13)15-9-11-4-5-12(18-11)19(16,17)14-3/h4-5,10,14-15H,6-9H2,1-3H3. The molecule has 2 rings (SSSR count). The molecule has 1 aromatic heterocycles. The summed E-state index contributed by atoms with van der Waals surface area (Å²) in [6.45, 7) is 5.12. The fraction of sp³-hybridized carbons (Fsp3) is 0.692. The highest BCUT2D eigenvalue weighted by molar-refractivity contribution is 7.89. The third-order valence-corrected chi connectivity index (χ3v) is 4.99. The molecule has 1 aliphatic carbocycles. The fourth-order valence-electron chi connectivity index (χ4n) is 2.55. The number of sulfonamides is 1. The van der Waals surface area contributed by atoms with E-state index in [1.165, 1.54) is 19.5 Å². The van der Waals surface area contributed by atoms with Crippen molar-refractivity contribution in [2.24, 2.45) is 5.41 Å². The van der Waals surface area contributed by atoms with Gasteiger partial charge in [-0.2, -0.15) is 0 Å². The van der Waals surface area contributed by atoms with E-state index < -0.39 is 10.0 Å². The van der Waals surface area contributed by atoms with Gasteiger partial charge in [-0.25, -0.2) is 13.1 Å². The second-order valence-corrected chi connectivity index (χ2v) is 7.73. The highest BCUT2D eigenvalue weighted by Gasteiger charge is 2.30. The Morgan fingerprint density at radius 3 is 2.74 bits per heavy atom. The van der Waals surface area contributed by atoms with Gasteiger partial charge in [0.1, 0.15) is 5.76 Å². The molecule has 1 aromatic rings. The number of hydrogen-bond acceptors (Lipinski definition) is 4. The van der Waals surface area contributed by atoms with E-state index in [4.69, 9.17) is 4.42 Å². The van der Waals surface area contributed by atoms with Crippen LogP contribution in [-0.4, -0.2) is 21.5 Å². The summed E-state index contributed by atoms with van der Waals surface area (Å²) in [6, 6.07) is 3.68. The van der Waals surface area contributed by atoms with E-state index >= 15 is 0 Å². The van der Waals surface area contributed by atoms with Crippen molar-refractivity contribution in [2.75, 3.05) is 7.05 Å². The van der Waals surface area contributed by atoms with Gasteiger partial charge in [0.05, 0.1) is 6.54 Å². The number of hydrogen-bond donors (Lipinski definition) is 2. The van der Waals surface area contributed by atoms with Crippen molar-refractivity contribution < 1.29 is 12.8 Å². The van der Waals surface area contributed by atoms with Crippen LogP contribution < -0.4 is 10.0 Å². The predicted molar refractivity (Wildman–Crippen MR) is 73.2 cm³/mol. The lowest BCUT2D eigenvalue weighted by atomic mass is 9.92. The first-order valence-corrected chi connectivity index (χ1v) is 8.06. The molecule has 0 bridgehead atoms. The first-order chi connectivity index (χ1) is 8.82. The highest BCUT2D eigenvalue weighted by atomic mass is 32.2. The van der Waals surface area contributed by atoms with E-state index in [1.807, 2.05) is 0 Å². The van der Waals surface area contributed by atoms with Crippen LogP contribution in [0.3, 0.4) is 0 Å². The van der Waals surface area contributed by atoms with Gasteiger partial charge in [0.15, 0.2) is 0 Å². The lowest BCUT2D eigenvalue weighted by Gasteiger charge is -2.17. The molecule has 0 saturated heterocycles. The van der Waals surface area contributed by atoms with Crippen molar-refractivity contribution in [1.82, 2.24) is 10.0 Å². The molecular weight excluding hydrogens is 264 g/mol. The molecule has 6 heteroatoms. The minimum absolute atomic E-state index is 0.0291. The molecule has 1 heterocycles. The van der Waals surface area contributed by atoms with E-state index in [0.29, 0.717) is 23.8 Å². The topological polar surface area (TPSA) is 71.3 Å². The summed E-state index contributed by atoms with van der Waals surface area (Å²) in [5.74, 6) is 0.651. The molecular formula is C13H22N2O3S. The summed E-state index contributed by atoms with van der Waals surface area (Å²) in [5, 5.41) is 3.40. The van der Waals surface area contributed by atoms with Crippen molar-refractivity contribution >= 4 is 10.0 Å². The van der Waals surface area contributed by atoms with E-state index in [2.05, 4.69) is 23.9 Å². The largest absolute Gasteiger partial charge is 0.447 e. The van der Waals surface area contributed by atoms with Crippen LogP contribution in [0, 0.1) is 5.41 Å².